The molecule has 106 valence electrons. The summed E-state index contributed by atoms with van der Waals surface area (Å²) >= 11 is 0. The maximum Gasteiger partial charge on any atom is 0.343 e. The molecule has 0 unspecified atom stereocenters. The van der Waals surface area contributed by atoms with E-state index in [1.807, 2.05) is 6.92 Å². The van der Waals surface area contributed by atoms with Crippen molar-refractivity contribution in [2.24, 2.45) is 0 Å². The van der Waals surface area contributed by atoms with E-state index in [2.05, 4.69) is 10.1 Å². The Morgan fingerprint density at radius 1 is 1.35 bits per heavy atom. The summed E-state index contributed by atoms with van der Waals surface area (Å²) in [6, 6.07) is 5.22. The summed E-state index contributed by atoms with van der Waals surface area (Å²) in [5.74, 6) is -0.0928. The van der Waals surface area contributed by atoms with Gasteiger partial charge >= 0.3 is 5.69 Å². The number of nitrogens with one attached hydrogen (secondary N) is 1. The van der Waals surface area contributed by atoms with Crippen LogP contribution in [0.25, 0.3) is 0 Å². The number of aryl methyl sites for hydroxylation is 1. The number of H-pyrrole nitrogens is 1. The smallest absolute Gasteiger partial charge is 0.293 e. The predicted molar refractivity (Wildman–Crippen MR) is 72.2 cm³/mol. The van der Waals surface area contributed by atoms with E-state index in [4.69, 9.17) is 0 Å². The number of Topliss-reactive ketones (excluding diaryl/α,β-unsaturated/α-hetero) is 1. The van der Waals surface area contributed by atoms with Crippen molar-refractivity contribution in [3.8, 4) is 0 Å². The molecule has 2 aromatic rings. The molecule has 0 bridgehead atoms. The molecule has 1 heterocycles. The number of aromatic amines is 1. The Morgan fingerprint density at radius 2 is 2.05 bits per heavy atom. The summed E-state index contributed by atoms with van der Waals surface area (Å²) in [5.41, 5.74) is -0.0389. The highest BCUT2D eigenvalue weighted by atomic mass is 19.1. The molecule has 0 aliphatic carbocycles. The topological polar surface area (TPSA) is 67.8 Å². The molecule has 20 heavy (non-hydrogen) atoms. The van der Waals surface area contributed by atoms with Gasteiger partial charge in [-0.25, -0.2) is 13.9 Å². The van der Waals surface area contributed by atoms with E-state index in [1.165, 1.54) is 24.3 Å². The molecule has 1 aromatic heterocycles. The standard InChI is InChI=1S/C14H16FN3O2/c1-2-3-4-13-16-14(20)18(17-13)9-12(19)10-5-7-11(15)8-6-10/h5-8H,2-4,9H2,1H3,(H,16,17,20). The number of unbranched alkanes of at least 4 members (excludes halogenated alkanes) is 1. The first-order valence-electron chi connectivity index (χ1n) is 6.55. The van der Waals surface area contributed by atoms with Crippen molar-refractivity contribution in [1.82, 2.24) is 14.8 Å². The van der Waals surface area contributed by atoms with Gasteiger partial charge in [-0.1, -0.05) is 13.3 Å². The maximum atomic E-state index is 12.8. The number of benzene rings is 1. The molecule has 0 radical (unpaired) electrons. The van der Waals surface area contributed by atoms with Crippen LogP contribution in [0.4, 0.5) is 4.39 Å². The zero-order valence-corrected chi connectivity index (χ0v) is 11.2. The van der Waals surface area contributed by atoms with Crippen molar-refractivity contribution in [3.63, 3.8) is 0 Å². The van der Waals surface area contributed by atoms with Crippen LogP contribution in [0.1, 0.15) is 35.9 Å². The van der Waals surface area contributed by atoms with Gasteiger partial charge in [0.05, 0.1) is 0 Å². The average molecular weight is 277 g/mol. The van der Waals surface area contributed by atoms with Crippen LogP contribution in [-0.4, -0.2) is 20.5 Å². The Hall–Kier alpha value is -2.24. The maximum absolute atomic E-state index is 12.8. The molecular formula is C14H16FN3O2. The Balaban J connectivity index is 2.09. The number of rotatable bonds is 6. The molecule has 0 amide bonds. The van der Waals surface area contributed by atoms with Gasteiger partial charge in [-0.3, -0.25) is 9.78 Å². The number of hydrogen-bond acceptors (Lipinski definition) is 3. The first-order chi connectivity index (χ1) is 9.60. The third-order valence-electron chi connectivity index (χ3n) is 2.95. The van der Waals surface area contributed by atoms with Gasteiger partial charge in [0, 0.05) is 12.0 Å². The summed E-state index contributed by atoms with van der Waals surface area (Å²) < 4.78 is 13.9. The number of nitrogens with zero attached hydrogens (tertiary/aromatic N) is 2. The molecule has 2 rings (SSSR count). The first-order valence-corrected chi connectivity index (χ1v) is 6.55. The van der Waals surface area contributed by atoms with Crippen LogP contribution in [-0.2, 0) is 13.0 Å². The van der Waals surface area contributed by atoms with Gasteiger partial charge in [-0.2, -0.15) is 5.10 Å². The lowest BCUT2D eigenvalue weighted by Gasteiger charge is -2.00. The van der Waals surface area contributed by atoms with Crippen LogP contribution in [0.2, 0.25) is 0 Å². The number of aromatic nitrogens is 3. The minimum absolute atomic E-state index is 0.146. The zero-order chi connectivity index (χ0) is 14.5. The predicted octanol–water partition coefficient (Wildman–Crippen LogP) is 1.94. The Labute approximate surface area is 115 Å². The lowest BCUT2D eigenvalue weighted by atomic mass is 10.1. The molecule has 6 heteroatoms. The normalized spacial score (nSPS) is 10.7. The van der Waals surface area contributed by atoms with Gasteiger partial charge in [-0.05, 0) is 30.7 Å². The summed E-state index contributed by atoms with van der Waals surface area (Å²) in [6.45, 7) is 1.90. The third-order valence-corrected chi connectivity index (χ3v) is 2.95. The second kappa shape index (κ2) is 6.27. The van der Waals surface area contributed by atoms with Crippen molar-refractivity contribution in [3.05, 3.63) is 52.0 Å². The second-order valence-corrected chi connectivity index (χ2v) is 4.57. The quantitative estimate of drug-likeness (QED) is 0.820. The fourth-order valence-corrected chi connectivity index (χ4v) is 1.83. The van der Waals surface area contributed by atoms with Crippen LogP contribution >= 0.6 is 0 Å². The zero-order valence-electron chi connectivity index (χ0n) is 11.2. The highest BCUT2D eigenvalue weighted by molar-refractivity contribution is 5.95. The van der Waals surface area contributed by atoms with E-state index < -0.39 is 11.5 Å². The number of halogens is 1. The van der Waals surface area contributed by atoms with E-state index in [1.54, 1.807) is 0 Å². The Kier molecular flexibility index (Phi) is 4.45. The minimum Gasteiger partial charge on any atom is -0.293 e. The Morgan fingerprint density at radius 3 is 2.70 bits per heavy atom. The van der Waals surface area contributed by atoms with Crippen molar-refractivity contribution in [2.75, 3.05) is 0 Å². The highest BCUT2D eigenvalue weighted by Crippen LogP contribution is 2.04. The van der Waals surface area contributed by atoms with E-state index in [0.29, 0.717) is 17.8 Å². The molecular weight excluding hydrogens is 261 g/mol. The van der Waals surface area contributed by atoms with E-state index >= 15 is 0 Å². The first kappa shape index (κ1) is 14.2. The number of carbonyl (C=O) groups is 1. The summed E-state index contributed by atoms with van der Waals surface area (Å²) in [7, 11) is 0. The van der Waals surface area contributed by atoms with Crippen molar-refractivity contribution < 1.29 is 9.18 Å². The van der Waals surface area contributed by atoms with Crippen LogP contribution in [0.15, 0.2) is 29.1 Å². The van der Waals surface area contributed by atoms with Crippen LogP contribution in [0, 0.1) is 5.82 Å². The minimum atomic E-state index is -0.402. The monoisotopic (exact) mass is 277 g/mol. The summed E-state index contributed by atoms with van der Waals surface area (Å²) in [6.07, 6.45) is 2.62. The second-order valence-electron chi connectivity index (χ2n) is 4.57. The van der Waals surface area contributed by atoms with E-state index in [9.17, 15) is 14.0 Å². The molecule has 0 saturated carbocycles. The van der Waals surface area contributed by atoms with Gasteiger partial charge in [0.1, 0.15) is 18.2 Å². The molecule has 1 aromatic carbocycles. The van der Waals surface area contributed by atoms with E-state index in [0.717, 1.165) is 17.5 Å². The fraction of sp³-hybridized carbons (Fsp3) is 0.357. The number of carbonyl (C=O) groups excluding carboxylic acids is 1. The van der Waals surface area contributed by atoms with Gasteiger partial charge in [0.25, 0.3) is 0 Å². The molecule has 0 spiro atoms. The van der Waals surface area contributed by atoms with Gasteiger partial charge in [-0.15, -0.1) is 0 Å². The van der Waals surface area contributed by atoms with Crippen LogP contribution in [0.3, 0.4) is 0 Å². The van der Waals surface area contributed by atoms with E-state index in [-0.39, 0.29) is 12.3 Å². The van der Waals surface area contributed by atoms with Crippen LogP contribution in [0.5, 0.6) is 0 Å². The SMILES string of the molecule is CCCCc1nn(CC(=O)c2ccc(F)cc2)c(=O)[nH]1. The molecule has 0 aliphatic heterocycles. The molecule has 5 nitrogen and oxygen atoms in total. The summed E-state index contributed by atoms with van der Waals surface area (Å²) in [4.78, 5) is 26.3. The lowest BCUT2D eigenvalue weighted by molar-refractivity contribution is 0.0966. The molecule has 0 saturated heterocycles. The van der Waals surface area contributed by atoms with Crippen molar-refractivity contribution >= 4 is 5.78 Å². The fourth-order valence-electron chi connectivity index (χ4n) is 1.83. The molecule has 1 N–H and O–H groups in total. The van der Waals surface area contributed by atoms with Gasteiger partial charge < -0.3 is 0 Å². The Bertz CT molecular complexity index is 643. The molecule has 0 fully saturated rings. The van der Waals surface area contributed by atoms with Crippen LogP contribution < -0.4 is 5.69 Å². The van der Waals surface area contributed by atoms with Gasteiger partial charge in [0.2, 0.25) is 0 Å². The average Bonchev–Trinajstić information content (AvgIpc) is 2.77. The lowest BCUT2D eigenvalue weighted by Crippen LogP contribution is -2.23. The third kappa shape index (κ3) is 3.40. The van der Waals surface area contributed by atoms with Crippen molar-refractivity contribution in [1.29, 1.82) is 0 Å². The molecule has 0 atom stereocenters. The van der Waals surface area contributed by atoms with Gasteiger partial charge in [0.15, 0.2) is 5.78 Å². The summed E-state index contributed by atoms with van der Waals surface area (Å²) in [5, 5.41) is 4.08. The largest absolute Gasteiger partial charge is 0.343 e. The highest BCUT2D eigenvalue weighted by Gasteiger charge is 2.11. The number of hydrogen-bond donors (Lipinski definition) is 1. The number of ketones is 1. The van der Waals surface area contributed by atoms with Crippen molar-refractivity contribution in [2.45, 2.75) is 32.7 Å². The molecule has 0 aliphatic rings.